The molecule has 3 unspecified atom stereocenters. The molecule has 0 radical (unpaired) electrons. The number of hydrogen-bond acceptors (Lipinski definition) is 3. The number of piperidine rings is 3. The lowest BCUT2D eigenvalue weighted by molar-refractivity contribution is 0.0212. The molecule has 0 aromatic rings. The summed E-state index contributed by atoms with van der Waals surface area (Å²) in [5.74, 6) is 0. The third kappa shape index (κ3) is 3.80. The highest BCUT2D eigenvalue weighted by Gasteiger charge is 2.37. The van der Waals surface area contributed by atoms with Crippen LogP contribution in [0.1, 0.15) is 64.7 Å². The van der Waals surface area contributed by atoms with Crippen LogP contribution in [0.4, 0.5) is 0 Å². The lowest BCUT2D eigenvalue weighted by Gasteiger charge is -2.49. The Labute approximate surface area is 131 Å². The van der Waals surface area contributed by atoms with Crippen molar-refractivity contribution >= 4 is 0 Å². The molecule has 0 spiro atoms. The summed E-state index contributed by atoms with van der Waals surface area (Å²) in [7, 11) is 2.15. The van der Waals surface area contributed by atoms with Gasteiger partial charge in [-0.25, -0.2) is 0 Å². The molecule has 3 saturated heterocycles. The van der Waals surface area contributed by atoms with Gasteiger partial charge in [-0.3, -0.25) is 4.90 Å². The second-order valence-corrected chi connectivity index (χ2v) is 7.67. The summed E-state index contributed by atoms with van der Waals surface area (Å²) in [6.45, 7) is 6.43. The number of hydrogen-bond donors (Lipinski definition) is 1. The van der Waals surface area contributed by atoms with Crippen molar-refractivity contribution in [2.75, 3.05) is 26.7 Å². The minimum Gasteiger partial charge on any atom is -0.317 e. The highest BCUT2D eigenvalue weighted by molar-refractivity contribution is 4.94. The Kier molecular flexibility index (Phi) is 5.58. The second-order valence-electron chi connectivity index (χ2n) is 7.67. The van der Waals surface area contributed by atoms with Gasteiger partial charge in [-0.15, -0.1) is 0 Å². The molecule has 21 heavy (non-hydrogen) atoms. The van der Waals surface area contributed by atoms with Crippen LogP contribution in [0.2, 0.25) is 0 Å². The Hall–Kier alpha value is -0.120. The summed E-state index contributed by atoms with van der Waals surface area (Å²) < 4.78 is 0. The lowest BCUT2D eigenvalue weighted by atomic mass is 9.81. The van der Waals surface area contributed by atoms with E-state index >= 15 is 0 Å². The predicted molar refractivity (Wildman–Crippen MR) is 89.7 cm³/mol. The van der Waals surface area contributed by atoms with Crippen LogP contribution >= 0.6 is 0 Å². The van der Waals surface area contributed by atoms with Crippen molar-refractivity contribution in [2.45, 2.75) is 88.9 Å². The number of likely N-dealkylation sites (tertiary alicyclic amines) is 1. The average molecular weight is 293 g/mol. The molecule has 3 heteroatoms. The van der Waals surface area contributed by atoms with Gasteiger partial charge in [-0.1, -0.05) is 12.8 Å². The topological polar surface area (TPSA) is 18.5 Å². The molecule has 3 rings (SSSR count). The quantitative estimate of drug-likeness (QED) is 0.841. The third-order valence-corrected chi connectivity index (χ3v) is 6.34. The minimum atomic E-state index is 0.777. The first kappa shape index (κ1) is 15.8. The van der Waals surface area contributed by atoms with E-state index in [9.17, 15) is 0 Å². The first-order valence-corrected chi connectivity index (χ1v) is 9.45. The molecule has 0 aliphatic carbocycles. The van der Waals surface area contributed by atoms with Gasteiger partial charge in [0.1, 0.15) is 0 Å². The standard InChI is InChI=1S/C18H35N3/c1-15-7-3-4-10-20(15)11-6-12-21-17-8-5-9-18(21)14-16(13-17)19-2/h15-19H,3-14H2,1-2H3. The molecule has 122 valence electrons. The van der Waals surface area contributed by atoms with E-state index in [2.05, 4.69) is 29.1 Å². The fourth-order valence-corrected chi connectivity index (χ4v) is 5.03. The summed E-state index contributed by atoms with van der Waals surface area (Å²) in [5, 5.41) is 3.53. The average Bonchev–Trinajstić information content (AvgIpc) is 2.48. The van der Waals surface area contributed by atoms with Crippen LogP contribution in [0, 0.1) is 0 Å². The van der Waals surface area contributed by atoms with Crippen molar-refractivity contribution in [1.82, 2.24) is 15.1 Å². The van der Waals surface area contributed by atoms with Crippen LogP contribution in [0.15, 0.2) is 0 Å². The van der Waals surface area contributed by atoms with E-state index in [1.165, 1.54) is 77.4 Å². The van der Waals surface area contributed by atoms with Gasteiger partial charge in [0.2, 0.25) is 0 Å². The molecular weight excluding hydrogens is 258 g/mol. The Morgan fingerprint density at radius 3 is 2.38 bits per heavy atom. The Balaban J connectivity index is 1.46. The SMILES string of the molecule is CNC1CC2CCCC(C1)N2CCCN1CCCCC1C. The molecule has 0 amide bonds. The van der Waals surface area contributed by atoms with Gasteiger partial charge in [-0.05, 0) is 78.6 Å². The van der Waals surface area contributed by atoms with Crippen molar-refractivity contribution in [3.63, 3.8) is 0 Å². The summed E-state index contributed by atoms with van der Waals surface area (Å²) >= 11 is 0. The molecule has 2 bridgehead atoms. The van der Waals surface area contributed by atoms with E-state index in [1.807, 2.05) is 0 Å². The Morgan fingerprint density at radius 2 is 1.71 bits per heavy atom. The summed E-state index contributed by atoms with van der Waals surface area (Å²) in [4.78, 5) is 5.62. The first-order valence-electron chi connectivity index (χ1n) is 9.45. The first-order chi connectivity index (χ1) is 10.3. The summed E-state index contributed by atoms with van der Waals surface area (Å²) in [5.41, 5.74) is 0. The maximum Gasteiger partial charge on any atom is 0.0113 e. The molecule has 3 heterocycles. The smallest absolute Gasteiger partial charge is 0.0113 e. The number of nitrogens with one attached hydrogen (secondary N) is 1. The zero-order valence-corrected chi connectivity index (χ0v) is 14.2. The molecule has 3 fully saturated rings. The normalized spacial score (nSPS) is 38.6. The van der Waals surface area contributed by atoms with Crippen LogP contribution in [0.25, 0.3) is 0 Å². The zero-order chi connectivity index (χ0) is 14.7. The van der Waals surface area contributed by atoms with Gasteiger partial charge in [0.05, 0.1) is 0 Å². The molecule has 0 saturated carbocycles. The van der Waals surface area contributed by atoms with Crippen LogP contribution < -0.4 is 5.32 Å². The van der Waals surface area contributed by atoms with Gasteiger partial charge < -0.3 is 10.2 Å². The number of nitrogens with zero attached hydrogens (tertiary/aromatic N) is 2. The zero-order valence-electron chi connectivity index (χ0n) is 14.2. The van der Waals surface area contributed by atoms with Gasteiger partial charge in [0.25, 0.3) is 0 Å². The Morgan fingerprint density at radius 1 is 0.952 bits per heavy atom. The Bertz CT molecular complexity index is 306. The molecule has 0 aromatic carbocycles. The van der Waals surface area contributed by atoms with E-state index in [1.54, 1.807) is 0 Å². The highest BCUT2D eigenvalue weighted by Crippen LogP contribution is 2.34. The fourth-order valence-electron chi connectivity index (χ4n) is 5.03. The molecule has 3 nitrogen and oxygen atoms in total. The molecule has 1 N–H and O–H groups in total. The van der Waals surface area contributed by atoms with Crippen LogP contribution in [0.5, 0.6) is 0 Å². The molecule has 3 atom stereocenters. The van der Waals surface area contributed by atoms with E-state index in [0.717, 1.165) is 24.2 Å². The minimum absolute atomic E-state index is 0.777. The lowest BCUT2D eigenvalue weighted by Crippen LogP contribution is -2.56. The third-order valence-electron chi connectivity index (χ3n) is 6.34. The maximum atomic E-state index is 3.53. The summed E-state index contributed by atoms with van der Waals surface area (Å²) in [6, 6.07) is 3.34. The molecule has 3 aliphatic heterocycles. The summed E-state index contributed by atoms with van der Waals surface area (Å²) in [6.07, 6.45) is 12.8. The van der Waals surface area contributed by atoms with Crippen LogP contribution in [0.3, 0.4) is 0 Å². The van der Waals surface area contributed by atoms with Crippen molar-refractivity contribution < 1.29 is 0 Å². The van der Waals surface area contributed by atoms with Crippen LogP contribution in [-0.4, -0.2) is 60.6 Å². The predicted octanol–water partition coefficient (Wildman–Crippen LogP) is 2.86. The number of rotatable bonds is 5. The van der Waals surface area contributed by atoms with Gasteiger partial charge >= 0.3 is 0 Å². The van der Waals surface area contributed by atoms with Crippen LogP contribution in [-0.2, 0) is 0 Å². The molecular formula is C18H35N3. The van der Waals surface area contributed by atoms with Gasteiger partial charge in [0.15, 0.2) is 0 Å². The maximum absolute atomic E-state index is 3.53. The largest absolute Gasteiger partial charge is 0.317 e. The van der Waals surface area contributed by atoms with Gasteiger partial charge in [0, 0.05) is 24.2 Å². The van der Waals surface area contributed by atoms with E-state index in [0.29, 0.717) is 0 Å². The van der Waals surface area contributed by atoms with E-state index in [4.69, 9.17) is 0 Å². The van der Waals surface area contributed by atoms with Crippen molar-refractivity contribution in [3.8, 4) is 0 Å². The number of fused-ring (bicyclic) bond motifs is 2. The fraction of sp³-hybridized carbons (Fsp3) is 1.00. The van der Waals surface area contributed by atoms with Crippen molar-refractivity contribution in [2.24, 2.45) is 0 Å². The highest BCUT2D eigenvalue weighted by atomic mass is 15.2. The van der Waals surface area contributed by atoms with Crippen molar-refractivity contribution in [1.29, 1.82) is 0 Å². The van der Waals surface area contributed by atoms with Crippen molar-refractivity contribution in [3.05, 3.63) is 0 Å². The molecule has 3 aliphatic rings. The monoisotopic (exact) mass is 293 g/mol. The van der Waals surface area contributed by atoms with Gasteiger partial charge in [-0.2, -0.15) is 0 Å². The van der Waals surface area contributed by atoms with E-state index < -0.39 is 0 Å². The molecule has 0 aromatic heterocycles. The van der Waals surface area contributed by atoms with E-state index in [-0.39, 0.29) is 0 Å². The second kappa shape index (κ2) is 7.43.